The van der Waals surface area contributed by atoms with E-state index in [9.17, 15) is 4.79 Å². The van der Waals surface area contributed by atoms with E-state index in [4.69, 9.17) is 11.6 Å². The lowest BCUT2D eigenvalue weighted by Crippen LogP contribution is -2.45. The predicted octanol–water partition coefficient (Wildman–Crippen LogP) is 4.62. The number of hydrogen-bond donors (Lipinski definition) is 1. The zero-order chi connectivity index (χ0) is 15.5. The van der Waals surface area contributed by atoms with Crippen LogP contribution in [0.4, 0.5) is 4.79 Å². The third-order valence-electron chi connectivity index (χ3n) is 4.97. The Morgan fingerprint density at radius 1 is 1.27 bits per heavy atom. The molecule has 3 rings (SSSR count). The number of nitrogens with zero attached hydrogens (tertiary/aromatic N) is 1. The number of benzene rings is 1. The summed E-state index contributed by atoms with van der Waals surface area (Å²) in [5.41, 5.74) is 1.17. The van der Waals surface area contributed by atoms with Crippen LogP contribution >= 0.6 is 11.6 Å². The summed E-state index contributed by atoms with van der Waals surface area (Å²) in [6.45, 7) is 3.74. The summed E-state index contributed by atoms with van der Waals surface area (Å²) >= 11 is 5.99. The van der Waals surface area contributed by atoms with Crippen molar-refractivity contribution < 1.29 is 4.79 Å². The monoisotopic (exact) mass is 320 g/mol. The quantitative estimate of drug-likeness (QED) is 0.814. The molecular formula is C18H25ClN2O. The van der Waals surface area contributed by atoms with Crippen LogP contribution in [0.5, 0.6) is 0 Å². The van der Waals surface area contributed by atoms with Crippen molar-refractivity contribution in [1.29, 1.82) is 0 Å². The highest BCUT2D eigenvalue weighted by molar-refractivity contribution is 6.30. The highest BCUT2D eigenvalue weighted by Gasteiger charge is 2.32. The molecule has 0 heterocycles. The number of amides is 2. The second kappa shape index (κ2) is 6.91. The van der Waals surface area contributed by atoms with Gasteiger partial charge in [0.15, 0.2) is 0 Å². The Morgan fingerprint density at radius 2 is 1.95 bits per heavy atom. The molecule has 0 aliphatic heterocycles. The van der Waals surface area contributed by atoms with Crippen LogP contribution in [0.2, 0.25) is 5.02 Å². The van der Waals surface area contributed by atoms with Gasteiger partial charge in [0, 0.05) is 18.1 Å². The maximum absolute atomic E-state index is 12.6. The Hall–Kier alpha value is -1.22. The average Bonchev–Trinajstić information content (AvgIpc) is 3.27. The van der Waals surface area contributed by atoms with Gasteiger partial charge in [-0.15, -0.1) is 0 Å². The molecule has 1 unspecified atom stereocenters. The molecule has 0 radical (unpaired) electrons. The van der Waals surface area contributed by atoms with Crippen molar-refractivity contribution >= 4 is 17.6 Å². The van der Waals surface area contributed by atoms with Gasteiger partial charge < -0.3 is 10.2 Å². The van der Waals surface area contributed by atoms with Crippen molar-refractivity contribution in [2.45, 2.75) is 45.1 Å². The fourth-order valence-electron chi connectivity index (χ4n) is 3.11. The summed E-state index contributed by atoms with van der Waals surface area (Å²) in [5.74, 6) is 1.29. The van der Waals surface area contributed by atoms with Gasteiger partial charge in [-0.25, -0.2) is 4.79 Å². The van der Waals surface area contributed by atoms with Gasteiger partial charge in [0.1, 0.15) is 0 Å². The maximum atomic E-state index is 12.6. The Labute approximate surface area is 138 Å². The van der Waals surface area contributed by atoms with Gasteiger partial charge in [-0.2, -0.15) is 0 Å². The van der Waals surface area contributed by atoms with Crippen molar-refractivity contribution in [3.8, 4) is 0 Å². The molecule has 1 N–H and O–H groups in total. The van der Waals surface area contributed by atoms with E-state index >= 15 is 0 Å². The molecule has 2 fully saturated rings. The lowest BCUT2D eigenvalue weighted by atomic mass is 9.77. The van der Waals surface area contributed by atoms with E-state index in [1.807, 2.05) is 29.2 Å². The molecule has 1 atom stereocenters. The van der Waals surface area contributed by atoms with Crippen LogP contribution in [0.25, 0.3) is 0 Å². The molecule has 22 heavy (non-hydrogen) atoms. The highest BCUT2D eigenvalue weighted by Crippen LogP contribution is 2.38. The van der Waals surface area contributed by atoms with Gasteiger partial charge in [-0.05, 0) is 62.1 Å². The zero-order valence-electron chi connectivity index (χ0n) is 13.2. The minimum Gasteiger partial charge on any atom is -0.331 e. The van der Waals surface area contributed by atoms with Gasteiger partial charge in [-0.3, -0.25) is 0 Å². The zero-order valence-corrected chi connectivity index (χ0v) is 14.0. The van der Waals surface area contributed by atoms with Crippen LogP contribution in [0.1, 0.15) is 50.6 Å². The number of rotatable bonds is 6. The molecule has 2 saturated carbocycles. The van der Waals surface area contributed by atoms with Crippen LogP contribution in [-0.2, 0) is 0 Å². The van der Waals surface area contributed by atoms with Crippen molar-refractivity contribution in [1.82, 2.24) is 10.2 Å². The summed E-state index contributed by atoms with van der Waals surface area (Å²) < 4.78 is 0. The smallest absolute Gasteiger partial charge is 0.317 e. The molecule has 0 spiro atoms. The van der Waals surface area contributed by atoms with Crippen LogP contribution < -0.4 is 5.32 Å². The first-order valence-corrected chi connectivity index (χ1v) is 8.86. The van der Waals surface area contributed by atoms with Gasteiger partial charge in [-0.1, -0.05) is 30.2 Å². The normalized spacial score (nSPS) is 19.4. The second-order valence-corrected chi connectivity index (χ2v) is 7.09. The fourth-order valence-corrected chi connectivity index (χ4v) is 3.23. The molecule has 2 aliphatic carbocycles. The van der Waals surface area contributed by atoms with Crippen LogP contribution in [0.3, 0.4) is 0 Å². The lowest BCUT2D eigenvalue weighted by Gasteiger charge is -2.36. The number of urea groups is 1. The molecular weight excluding hydrogens is 296 g/mol. The summed E-state index contributed by atoms with van der Waals surface area (Å²) in [6, 6.07) is 8.12. The summed E-state index contributed by atoms with van der Waals surface area (Å²) in [4.78, 5) is 14.6. The molecule has 120 valence electrons. The first-order chi connectivity index (χ1) is 10.7. The molecule has 1 aromatic carbocycles. The number of carbonyl (C=O) groups excluding carboxylic acids is 1. The minimum absolute atomic E-state index is 0.0845. The Bertz CT molecular complexity index is 508. The van der Waals surface area contributed by atoms with Gasteiger partial charge in [0.2, 0.25) is 0 Å². The Morgan fingerprint density at radius 3 is 2.45 bits per heavy atom. The standard InChI is InChI=1S/C18H25ClN2O/c1-2-21(12-13-6-7-13)18(22)20-17(14-4-3-5-14)15-8-10-16(19)11-9-15/h8-11,13-14,17H,2-7,12H2,1H3,(H,20,22). The van der Waals surface area contributed by atoms with Crippen molar-refractivity contribution in [3.63, 3.8) is 0 Å². The van der Waals surface area contributed by atoms with Crippen LogP contribution in [0.15, 0.2) is 24.3 Å². The minimum atomic E-state index is 0.0845. The van der Waals surface area contributed by atoms with E-state index in [2.05, 4.69) is 12.2 Å². The molecule has 0 bridgehead atoms. The van der Waals surface area contributed by atoms with Crippen molar-refractivity contribution in [2.24, 2.45) is 11.8 Å². The summed E-state index contributed by atoms with van der Waals surface area (Å²) in [5, 5.41) is 4.02. The lowest BCUT2D eigenvalue weighted by molar-refractivity contribution is 0.175. The molecule has 2 aliphatic rings. The molecule has 1 aromatic rings. The van der Waals surface area contributed by atoms with Gasteiger partial charge >= 0.3 is 6.03 Å². The topological polar surface area (TPSA) is 32.3 Å². The van der Waals surface area contributed by atoms with Crippen LogP contribution in [-0.4, -0.2) is 24.0 Å². The first-order valence-electron chi connectivity index (χ1n) is 8.48. The van der Waals surface area contributed by atoms with E-state index in [1.54, 1.807) is 0 Å². The molecule has 4 heteroatoms. The second-order valence-electron chi connectivity index (χ2n) is 6.65. The average molecular weight is 321 g/mol. The maximum Gasteiger partial charge on any atom is 0.317 e. The van der Waals surface area contributed by atoms with E-state index < -0.39 is 0 Å². The number of nitrogens with one attached hydrogen (secondary N) is 1. The van der Waals surface area contributed by atoms with Crippen LogP contribution in [0, 0.1) is 11.8 Å². The number of carbonyl (C=O) groups is 1. The third-order valence-corrected chi connectivity index (χ3v) is 5.23. The molecule has 0 saturated heterocycles. The highest BCUT2D eigenvalue weighted by atomic mass is 35.5. The summed E-state index contributed by atoms with van der Waals surface area (Å²) in [6.07, 6.45) is 6.20. The summed E-state index contributed by atoms with van der Waals surface area (Å²) in [7, 11) is 0. The van der Waals surface area contributed by atoms with E-state index in [-0.39, 0.29) is 12.1 Å². The van der Waals surface area contributed by atoms with E-state index in [1.165, 1.54) is 37.7 Å². The SMILES string of the molecule is CCN(CC1CC1)C(=O)NC(c1ccc(Cl)cc1)C1CCC1. The fraction of sp³-hybridized carbons (Fsp3) is 0.611. The largest absolute Gasteiger partial charge is 0.331 e. The molecule has 0 aromatic heterocycles. The van der Waals surface area contributed by atoms with Gasteiger partial charge in [0.25, 0.3) is 0 Å². The third kappa shape index (κ3) is 3.75. The van der Waals surface area contributed by atoms with Crippen molar-refractivity contribution in [3.05, 3.63) is 34.9 Å². The van der Waals surface area contributed by atoms with Gasteiger partial charge in [0.05, 0.1) is 6.04 Å². The van der Waals surface area contributed by atoms with E-state index in [0.29, 0.717) is 5.92 Å². The first kappa shape index (κ1) is 15.7. The van der Waals surface area contributed by atoms with E-state index in [0.717, 1.165) is 24.0 Å². The predicted molar refractivity (Wildman–Crippen MR) is 90.0 cm³/mol. The van der Waals surface area contributed by atoms with Crippen molar-refractivity contribution in [2.75, 3.05) is 13.1 Å². The number of halogens is 1. The number of hydrogen-bond acceptors (Lipinski definition) is 1. The Kier molecular flexibility index (Phi) is 4.92. The Balaban J connectivity index is 1.68. The molecule has 3 nitrogen and oxygen atoms in total. The molecule has 2 amide bonds.